The van der Waals surface area contributed by atoms with Gasteiger partial charge in [0.25, 0.3) is 0 Å². The Balaban J connectivity index is 1.06. The van der Waals surface area contributed by atoms with E-state index < -0.39 is 0 Å². The third-order valence-electron chi connectivity index (χ3n) is 14.9. The van der Waals surface area contributed by atoms with Crippen LogP contribution in [0.25, 0.3) is 75.2 Å². The molecule has 3 nitrogen and oxygen atoms in total. The molecule has 0 spiro atoms. The molecule has 3 aromatic heterocycles. The van der Waals surface area contributed by atoms with Crippen molar-refractivity contribution in [2.24, 2.45) is 0 Å². The predicted octanol–water partition coefficient (Wildman–Crippen LogP) is 15.7. The maximum Gasteiger partial charge on any atom is 0.249 e. The first-order valence-electron chi connectivity index (χ1n) is 24.2. The van der Waals surface area contributed by atoms with E-state index in [4.69, 9.17) is 0 Å². The van der Waals surface area contributed by atoms with Gasteiger partial charge in [0.2, 0.25) is 6.71 Å². The van der Waals surface area contributed by atoms with E-state index in [1.165, 1.54) is 130 Å². The van der Waals surface area contributed by atoms with E-state index in [1.54, 1.807) is 0 Å². The normalized spacial score (nSPS) is 13.4. The molecule has 6 heteroatoms. The second-order valence-electron chi connectivity index (χ2n) is 19.9. The maximum absolute atomic E-state index is 2.70. The second kappa shape index (κ2) is 15.0. The number of rotatable bonds is 6. The molecule has 0 bridgehead atoms. The van der Waals surface area contributed by atoms with Gasteiger partial charge < -0.3 is 14.0 Å². The van der Waals surface area contributed by atoms with E-state index in [0.717, 1.165) is 19.3 Å². The van der Waals surface area contributed by atoms with Gasteiger partial charge in [-0.25, -0.2) is 0 Å². The third-order valence-corrected chi connectivity index (χ3v) is 17.2. The number of hydrogen-bond acceptors (Lipinski definition) is 3. The van der Waals surface area contributed by atoms with Crippen LogP contribution in [0.2, 0.25) is 0 Å². The van der Waals surface area contributed by atoms with Crippen LogP contribution >= 0.6 is 23.1 Å². The average Bonchev–Trinajstić information content (AvgIpc) is 4.02. The number of para-hydroxylation sites is 4. The van der Waals surface area contributed by atoms with Crippen molar-refractivity contribution in [3.8, 4) is 11.4 Å². The Morgan fingerprint density at radius 2 is 1.03 bits per heavy atom. The van der Waals surface area contributed by atoms with Gasteiger partial charge in [0.1, 0.15) is 0 Å². The number of aromatic nitrogens is 2. The van der Waals surface area contributed by atoms with Gasteiger partial charge in [-0.3, -0.25) is 0 Å². The Hall–Kier alpha value is -6.99. The Labute approximate surface area is 405 Å². The van der Waals surface area contributed by atoms with Gasteiger partial charge >= 0.3 is 0 Å². The highest BCUT2D eigenvalue weighted by Gasteiger charge is 2.43. The summed E-state index contributed by atoms with van der Waals surface area (Å²) in [6, 6.07) is 69.3. The second-order valence-corrected chi connectivity index (χ2v) is 22.1. The summed E-state index contributed by atoms with van der Waals surface area (Å²) in [6.07, 6.45) is 3.28. The number of hydrogen-bond donors (Lipinski definition) is 0. The number of benzene rings is 9. The predicted molar refractivity (Wildman–Crippen MR) is 295 cm³/mol. The fourth-order valence-corrected chi connectivity index (χ4v) is 14.0. The Morgan fingerprint density at radius 1 is 0.471 bits per heavy atom. The van der Waals surface area contributed by atoms with E-state index >= 15 is 0 Å². The van der Waals surface area contributed by atoms with Crippen LogP contribution < -0.4 is 21.3 Å². The van der Waals surface area contributed by atoms with Crippen molar-refractivity contribution >= 4 is 127 Å². The molecule has 12 aromatic rings. The van der Waals surface area contributed by atoms with E-state index in [0.29, 0.717) is 0 Å². The molecule has 2 aliphatic rings. The van der Waals surface area contributed by atoms with Crippen molar-refractivity contribution in [1.29, 1.82) is 0 Å². The summed E-state index contributed by atoms with van der Waals surface area (Å²) < 4.78 is 7.64. The van der Waals surface area contributed by atoms with E-state index in [9.17, 15) is 0 Å². The van der Waals surface area contributed by atoms with Gasteiger partial charge in [-0.15, -0.1) is 11.3 Å². The molecule has 0 N–H and O–H groups in total. The molecular formula is C62H48BN3S2. The summed E-state index contributed by atoms with van der Waals surface area (Å²) in [4.78, 5) is 5.37. The molecule has 0 amide bonds. The van der Waals surface area contributed by atoms with Crippen LogP contribution in [0, 0.1) is 0 Å². The van der Waals surface area contributed by atoms with Crippen LogP contribution in [0.3, 0.4) is 0 Å². The first-order valence-corrected chi connectivity index (χ1v) is 25.8. The number of thiophene rings is 1. The number of unbranched alkanes of at least 4 members (excludes halogenated alkanes) is 1. The van der Waals surface area contributed by atoms with Crippen LogP contribution in [-0.4, -0.2) is 15.8 Å². The minimum atomic E-state index is -0.0794. The topological polar surface area (TPSA) is 13.1 Å². The minimum Gasteiger partial charge on any atom is -0.311 e. The van der Waals surface area contributed by atoms with Crippen molar-refractivity contribution in [3.63, 3.8) is 0 Å². The molecule has 0 unspecified atom stereocenters. The van der Waals surface area contributed by atoms with E-state index in [-0.39, 0.29) is 12.1 Å². The molecule has 0 saturated carbocycles. The lowest BCUT2D eigenvalue weighted by Gasteiger charge is -2.42. The highest BCUT2D eigenvalue weighted by atomic mass is 32.2. The first kappa shape index (κ1) is 40.1. The summed E-state index contributed by atoms with van der Waals surface area (Å²) in [5, 5.41) is 7.83. The van der Waals surface area contributed by atoms with Crippen LogP contribution in [0.1, 0.15) is 51.7 Å². The molecule has 0 aliphatic carbocycles. The highest BCUT2D eigenvalue weighted by Crippen LogP contribution is 2.48. The minimum absolute atomic E-state index is 0.0445. The van der Waals surface area contributed by atoms with E-state index in [1.807, 2.05) is 23.1 Å². The van der Waals surface area contributed by atoms with Crippen LogP contribution in [0.5, 0.6) is 0 Å². The number of fused-ring (bicyclic) bond motifs is 13. The number of nitrogens with zero attached hydrogens (tertiary/aromatic N) is 3. The fraction of sp³-hybridized carbons (Fsp3) is 0.129. The third kappa shape index (κ3) is 5.87. The van der Waals surface area contributed by atoms with Crippen molar-refractivity contribution in [2.75, 3.05) is 4.90 Å². The average molecular weight is 910 g/mol. The molecule has 326 valence electrons. The van der Waals surface area contributed by atoms with Crippen LogP contribution in [0.4, 0.5) is 17.1 Å². The van der Waals surface area contributed by atoms with Crippen molar-refractivity contribution < 1.29 is 0 Å². The molecule has 0 radical (unpaired) electrons. The van der Waals surface area contributed by atoms with Gasteiger partial charge in [-0.1, -0.05) is 154 Å². The molecule has 68 heavy (non-hydrogen) atoms. The lowest BCUT2D eigenvalue weighted by molar-refractivity contribution is 0.589. The van der Waals surface area contributed by atoms with Gasteiger partial charge in [0.15, 0.2) is 0 Å². The quantitative estimate of drug-likeness (QED) is 0.154. The van der Waals surface area contributed by atoms with Crippen molar-refractivity contribution in [3.05, 3.63) is 193 Å². The van der Waals surface area contributed by atoms with Crippen molar-refractivity contribution in [1.82, 2.24) is 9.13 Å². The summed E-state index contributed by atoms with van der Waals surface area (Å²) >= 11 is 3.88. The molecule has 0 atom stereocenters. The lowest BCUT2D eigenvalue weighted by Crippen LogP contribution is -2.60. The standard InChI is InChI=1S/C62H48BN3S2/c1-5-6-17-38-32-47-46-22-11-16-27-57(46)67-58(47)37-54(38)66-55-35-40(64-50-23-12-7-18-42(50)43-19-8-13-24-51(43)64)28-30-48(55)63-49-31-29-41(65-52-25-14-9-20-44(52)45-21-10-15-26-53(45)65)36-59(49)68-60-34-39(62(2,3)4)33-56(66)61(60)63/h7-16,18-37H,5-6,17H2,1-4H3. The molecular weight excluding hydrogens is 862 g/mol. The first-order chi connectivity index (χ1) is 33.3. The van der Waals surface area contributed by atoms with Gasteiger partial charge in [0.05, 0.1) is 27.8 Å². The molecule has 0 saturated heterocycles. The number of aryl methyl sites for hydroxylation is 1. The smallest absolute Gasteiger partial charge is 0.249 e. The zero-order valence-corrected chi connectivity index (χ0v) is 40.3. The zero-order chi connectivity index (χ0) is 45.4. The summed E-state index contributed by atoms with van der Waals surface area (Å²) in [6.45, 7) is 9.48. The Bertz CT molecular complexity index is 3960. The summed E-state index contributed by atoms with van der Waals surface area (Å²) in [5.74, 6) is 0. The van der Waals surface area contributed by atoms with E-state index in [2.05, 4.69) is 224 Å². The van der Waals surface area contributed by atoms with Gasteiger partial charge in [-0.2, -0.15) is 0 Å². The van der Waals surface area contributed by atoms with Gasteiger partial charge in [-0.05, 0) is 119 Å². The van der Waals surface area contributed by atoms with Crippen LogP contribution in [0.15, 0.2) is 192 Å². The van der Waals surface area contributed by atoms with Crippen LogP contribution in [-0.2, 0) is 11.8 Å². The monoisotopic (exact) mass is 909 g/mol. The molecule has 0 fully saturated rings. The van der Waals surface area contributed by atoms with Crippen molar-refractivity contribution in [2.45, 2.75) is 62.2 Å². The largest absolute Gasteiger partial charge is 0.311 e. The summed E-state index contributed by atoms with van der Waals surface area (Å²) in [5.41, 5.74) is 17.9. The zero-order valence-electron chi connectivity index (χ0n) is 38.7. The molecule has 2 aliphatic heterocycles. The SMILES string of the molecule is CCCCc1cc2c(cc1N1c3cc(-n4c5ccccc5c5ccccc54)ccc3B3c4ccc(-n5c6ccccc6c6ccccc65)cc4Sc4cc(C(C)(C)C)cc1c43)sc1ccccc12. The fourth-order valence-electron chi connectivity index (χ4n) is 11.7. The van der Waals surface area contributed by atoms with Gasteiger partial charge in [0, 0.05) is 74.3 Å². The molecule has 5 heterocycles. The Morgan fingerprint density at radius 3 is 1.63 bits per heavy atom. The lowest BCUT2D eigenvalue weighted by atomic mass is 9.34. The highest BCUT2D eigenvalue weighted by molar-refractivity contribution is 8.00. The summed E-state index contributed by atoms with van der Waals surface area (Å²) in [7, 11) is 0. The molecule has 9 aromatic carbocycles. The Kier molecular flexibility index (Phi) is 8.85. The maximum atomic E-state index is 2.70. The number of anilines is 3. The molecule has 14 rings (SSSR count).